The predicted molar refractivity (Wildman–Crippen MR) is 128 cm³/mol. The number of nitriles is 1. The number of imidazole rings is 1. The Balaban J connectivity index is 1.55. The molecule has 1 unspecified atom stereocenters. The molecule has 0 saturated carbocycles. The summed E-state index contributed by atoms with van der Waals surface area (Å²) in [4.78, 5) is 16.3. The third-order valence-electron chi connectivity index (χ3n) is 5.95. The predicted octanol–water partition coefficient (Wildman–Crippen LogP) is 4.17. The van der Waals surface area contributed by atoms with Crippen molar-refractivity contribution in [2.75, 3.05) is 30.3 Å². The summed E-state index contributed by atoms with van der Waals surface area (Å²) >= 11 is 0. The fourth-order valence-electron chi connectivity index (χ4n) is 4.73. The molecule has 0 aliphatic carbocycles. The van der Waals surface area contributed by atoms with E-state index in [1.807, 2.05) is 36.1 Å². The summed E-state index contributed by atoms with van der Waals surface area (Å²) in [6.45, 7) is 7.52. The Morgan fingerprint density at radius 3 is 2.62 bits per heavy atom. The molecular formula is C24H32N8. The molecule has 8 heteroatoms. The van der Waals surface area contributed by atoms with Gasteiger partial charge in [0.2, 0.25) is 0 Å². The molecule has 0 spiro atoms. The number of likely N-dealkylation sites (tertiary alicyclic amines) is 1. The van der Waals surface area contributed by atoms with Gasteiger partial charge in [0.1, 0.15) is 17.5 Å². The zero-order valence-electron chi connectivity index (χ0n) is 19.1. The van der Waals surface area contributed by atoms with Crippen LogP contribution in [0.2, 0.25) is 0 Å². The molecule has 4 rings (SSSR count). The van der Waals surface area contributed by atoms with E-state index in [2.05, 4.69) is 51.5 Å². The van der Waals surface area contributed by atoms with Crippen LogP contribution < -0.4 is 10.6 Å². The number of nitrogens with one attached hydrogen (secondary N) is 2. The number of rotatable bonds is 6. The van der Waals surface area contributed by atoms with Crippen molar-refractivity contribution in [3.05, 3.63) is 36.9 Å². The summed E-state index contributed by atoms with van der Waals surface area (Å²) in [6, 6.07) is 8.61. The van der Waals surface area contributed by atoms with Gasteiger partial charge in [-0.2, -0.15) is 5.26 Å². The van der Waals surface area contributed by atoms with Crippen LogP contribution in [0.1, 0.15) is 33.1 Å². The number of pyridine rings is 2. The molecule has 1 aliphatic rings. The van der Waals surface area contributed by atoms with E-state index in [4.69, 9.17) is 10.2 Å². The third kappa shape index (κ3) is 5.54. The summed E-state index contributed by atoms with van der Waals surface area (Å²) in [6.07, 6.45) is 8.22. The summed E-state index contributed by atoms with van der Waals surface area (Å²) < 4.78 is 1.90. The van der Waals surface area contributed by atoms with Gasteiger partial charge in [0.25, 0.3) is 0 Å². The molecule has 2 N–H and O–H groups in total. The Morgan fingerprint density at radius 2 is 1.94 bits per heavy atom. The second-order valence-corrected chi connectivity index (χ2v) is 9.17. The van der Waals surface area contributed by atoms with E-state index in [9.17, 15) is 0 Å². The van der Waals surface area contributed by atoms with Crippen LogP contribution >= 0.6 is 0 Å². The van der Waals surface area contributed by atoms with Crippen molar-refractivity contribution in [2.24, 2.45) is 18.9 Å². The standard InChI is InChI=1S/C24H32N8/c1-17-10-19(11-18(2)14-32(13-17)9-5-7-25)28-24-20-6-4-8-26-21(20)12-22(30-24)29-23-15-31(3)16-27-23/h4,6,8,12,15-19H,5,9-11,13-14H2,1-3H3,(H2,28,29,30)/t17-,18+,19?. The summed E-state index contributed by atoms with van der Waals surface area (Å²) in [5, 5.41) is 17.0. The number of aromatic nitrogens is 4. The lowest BCUT2D eigenvalue weighted by atomic mass is 9.90. The molecule has 1 fully saturated rings. The molecule has 4 heterocycles. The molecule has 168 valence electrons. The zero-order chi connectivity index (χ0) is 22.5. The second-order valence-electron chi connectivity index (χ2n) is 9.17. The summed E-state index contributed by atoms with van der Waals surface area (Å²) in [5.41, 5.74) is 0.901. The Morgan fingerprint density at radius 1 is 1.16 bits per heavy atom. The average Bonchev–Trinajstić information content (AvgIpc) is 3.15. The van der Waals surface area contributed by atoms with Crippen LogP contribution in [0.4, 0.5) is 17.5 Å². The SMILES string of the molecule is C[C@@H]1CC(Nc2nc(Nc3cn(C)cn3)cc3ncccc23)C[C@H](C)CN(CCC#N)C1. The first-order chi connectivity index (χ1) is 15.5. The van der Waals surface area contributed by atoms with Gasteiger partial charge in [-0.15, -0.1) is 0 Å². The van der Waals surface area contributed by atoms with Crippen LogP contribution in [-0.4, -0.2) is 50.1 Å². The molecule has 1 saturated heterocycles. The Labute approximate surface area is 189 Å². The Bertz CT molecular complexity index is 1070. The fourth-order valence-corrected chi connectivity index (χ4v) is 4.73. The molecule has 0 bridgehead atoms. The lowest BCUT2D eigenvalue weighted by molar-refractivity contribution is 0.175. The molecule has 3 aromatic heterocycles. The van der Waals surface area contributed by atoms with Crippen LogP contribution in [0.15, 0.2) is 36.9 Å². The number of aryl methyl sites for hydroxylation is 1. The Hall–Kier alpha value is -3.18. The molecule has 32 heavy (non-hydrogen) atoms. The van der Waals surface area contributed by atoms with Gasteiger partial charge in [-0.05, 0) is 36.8 Å². The number of anilines is 3. The van der Waals surface area contributed by atoms with Crippen molar-refractivity contribution in [3.8, 4) is 6.07 Å². The monoisotopic (exact) mass is 432 g/mol. The van der Waals surface area contributed by atoms with Gasteiger partial charge in [-0.25, -0.2) is 9.97 Å². The summed E-state index contributed by atoms with van der Waals surface area (Å²) in [7, 11) is 1.94. The first kappa shape index (κ1) is 22.0. The lowest BCUT2D eigenvalue weighted by Crippen LogP contribution is -2.40. The van der Waals surface area contributed by atoms with Crippen molar-refractivity contribution in [1.82, 2.24) is 24.4 Å². The minimum Gasteiger partial charge on any atom is -0.367 e. The molecule has 0 amide bonds. The van der Waals surface area contributed by atoms with Crippen molar-refractivity contribution < 1.29 is 0 Å². The van der Waals surface area contributed by atoms with Crippen molar-refractivity contribution in [2.45, 2.75) is 39.2 Å². The maximum Gasteiger partial charge on any atom is 0.149 e. The van der Waals surface area contributed by atoms with E-state index in [1.165, 1.54) is 0 Å². The number of fused-ring (bicyclic) bond motifs is 1. The van der Waals surface area contributed by atoms with Gasteiger partial charge in [0, 0.05) is 63.0 Å². The molecule has 0 radical (unpaired) electrons. The van der Waals surface area contributed by atoms with Crippen LogP contribution in [0.3, 0.4) is 0 Å². The second kappa shape index (κ2) is 9.96. The van der Waals surface area contributed by atoms with Gasteiger partial charge in [-0.1, -0.05) is 13.8 Å². The van der Waals surface area contributed by atoms with Crippen LogP contribution in [0.25, 0.3) is 10.9 Å². The number of nitrogens with zero attached hydrogens (tertiary/aromatic N) is 6. The average molecular weight is 433 g/mol. The van der Waals surface area contributed by atoms with E-state index >= 15 is 0 Å². The molecule has 3 atom stereocenters. The minimum absolute atomic E-state index is 0.333. The van der Waals surface area contributed by atoms with Crippen LogP contribution in [0.5, 0.6) is 0 Å². The van der Waals surface area contributed by atoms with Crippen LogP contribution in [0, 0.1) is 23.2 Å². The van der Waals surface area contributed by atoms with E-state index in [1.54, 1.807) is 6.33 Å². The fraction of sp³-hybridized carbons (Fsp3) is 0.500. The van der Waals surface area contributed by atoms with Crippen molar-refractivity contribution in [1.29, 1.82) is 5.26 Å². The van der Waals surface area contributed by atoms with Gasteiger partial charge in [0.15, 0.2) is 0 Å². The maximum absolute atomic E-state index is 8.96. The number of hydrogen-bond donors (Lipinski definition) is 2. The zero-order valence-corrected chi connectivity index (χ0v) is 19.1. The molecular weight excluding hydrogens is 400 g/mol. The highest BCUT2D eigenvalue weighted by Gasteiger charge is 2.24. The van der Waals surface area contributed by atoms with Gasteiger partial charge < -0.3 is 20.1 Å². The minimum atomic E-state index is 0.333. The molecule has 8 nitrogen and oxygen atoms in total. The van der Waals surface area contributed by atoms with Gasteiger partial charge in [0.05, 0.1) is 17.9 Å². The van der Waals surface area contributed by atoms with E-state index < -0.39 is 0 Å². The van der Waals surface area contributed by atoms with Crippen molar-refractivity contribution in [3.63, 3.8) is 0 Å². The smallest absolute Gasteiger partial charge is 0.149 e. The van der Waals surface area contributed by atoms with Gasteiger partial charge in [-0.3, -0.25) is 4.98 Å². The summed E-state index contributed by atoms with van der Waals surface area (Å²) in [5.74, 6) is 3.43. The lowest BCUT2D eigenvalue weighted by Gasteiger charge is -2.35. The first-order valence-electron chi connectivity index (χ1n) is 11.4. The highest BCUT2D eigenvalue weighted by Crippen LogP contribution is 2.28. The highest BCUT2D eigenvalue weighted by molar-refractivity contribution is 5.91. The molecule has 1 aliphatic heterocycles. The first-order valence-corrected chi connectivity index (χ1v) is 11.4. The van der Waals surface area contributed by atoms with Crippen molar-refractivity contribution >= 4 is 28.4 Å². The van der Waals surface area contributed by atoms with Crippen LogP contribution in [-0.2, 0) is 7.05 Å². The van der Waals surface area contributed by atoms with E-state index in [0.29, 0.717) is 24.3 Å². The normalized spacial score (nSPS) is 22.1. The molecule has 3 aromatic rings. The number of hydrogen-bond acceptors (Lipinski definition) is 7. The molecule has 0 aromatic carbocycles. The quantitative estimate of drug-likeness (QED) is 0.604. The maximum atomic E-state index is 8.96. The van der Waals surface area contributed by atoms with E-state index in [-0.39, 0.29) is 0 Å². The largest absolute Gasteiger partial charge is 0.367 e. The van der Waals surface area contributed by atoms with Gasteiger partial charge >= 0.3 is 0 Å². The highest BCUT2D eigenvalue weighted by atomic mass is 15.2. The Kier molecular flexibility index (Phi) is 6.86. The van der Waals surface area contributed by atoms with E-state index in [0.717, 1.165) is 60.8 Å². The third-order valence-corrected chi connectivity index (χ3v) is 5.95. The topological polar surface area (TPSA) is 94.7 Å².